The molecule has 1 atom stereocenters. The molecule has 2 N–H and O–H groups in total. The second-order valence-corrected chi connectivity index (χ2v) is 7.81. The average Bonchev–Trinajstić information content (AvgIpc) is 2.72. The highest BCUT2D eigenvalue weighted by molar-refractivity contribution is 7.78. The van der Waals surface area contributed by atoms with Gasteiger partial charge in [-0.25, -0.2) is 4.21 Å². The number of hydrogen-bond acceptors (Lipinski definition) is 4. The van der Waals surface area contributed by atoms with Crippen LogP contribution in [0, 0.1) is 6.92 Å². The Hall–Kier alpha value is -3.31. The Kier molecular flexibility index (Phi) is 6.90. The van der Waals surface area contributed by atoms with Crippen LogP contribution in [0.3, 0.4) is 0 Å². The van der Waals surface area contributed by atoms with Gasteiger partial charge in [0.1, 0.15) is 5.56 Å². The average molecular weight is 465 g/mol. The van der Waals surface area contributed by atoms with E-state index in [1.807, 2.05) is 0 Å². The van der Waals surface area contributed by atoms with Crippen molar-refractivity contribution >= 4 is 17.0 Å². The molecule has 0 aliphatic carbocycles. The van der Waals surface area contributed by atoms with E-state index in [0.29, 0.717) is 17.0 Å². The number of aromatic nitrogens is 2. The van der Waals surface area contributed by atoms with Gasteiger partial charge in [0, 0.05) is 24.1 Å². The second kappa shape index (κ2) is 9.45. The summed E-state index contributed by atoms with van der Waals surface area (Å²) in [7, 11) is 0. The Morgan fingerprint density at radius 3 is 2.56 bits per heavy atom. The fraction of sp³-hybridized carbons (Fsp3) is 0.190. The summed E-state index contributed by atoms with van der Waals surface area (Å²) in [6.07, 6.45) is -3.14. The number of alkyl halides is 3. The molecular formula is C21H18F3N3O4S. The van der Waals surface area contributed by atoms with E-state index in [2.05, 4.69) is 10.3 Å². The summed E-state index contributed by atoms with van der Waals surface area (Å²) < 4.78 is 59.9. The number of nitrogens with zero attached hydrogens (tertiary/aromatic N) is 2. The van der Waals surface area contributed by atoms with Gasteiger partial charge in [0.25, 0.3) is 11.5 Å². The van der Waals surface area contributed by atoms with Gasteiger partial charge < -0.3 is 9.87 Å². The van der Waals surface area contributed by atoms with Crippen LogP contribution in [0.1, 0.15) is 32.9 Å². The van der Waals surface area contributed by atoms with Crippen molar-refractivity contribution in [2.75, 3.05) is 0 Å². The highest BCUT2D eigenvalue weighted by Gasteiger charge is 2.30. The number of carbonyl (C=O) groups is 1. The topological polar surface area (TPSA) is 101 Å². The lowest BCUT2D eigenvalue weighted by Gasteiger charge is -2.14. The predicted molar refractivity (Wildman–Crippen MR) is 112 cm³/mol. The van der Waals surface area contributed by atoms with Crippen molar-refractivity contribution in [2.45, 2.75) is 25.4 Å². The van der Waals surface area contributed by atoms with Crippen LogP contribution >= 0.6 is 0 Å². The van der Waals surface area contributed by atoms with E-state index in [1.54, 1.807) is 19.1 Å². The largest absolute Gasteiger partial charge is 0.416 e. The zero-order valence-electron chi connectivity index (χ0n) is 16.7. The van der Waals surface area contributed by atoms with Crippen LogP contribution in [0.4, 0.5) is 13.2 Å². The maximum Gasteiger partial charge on any atom is 0.416 e. The number of aryl methyl sites for hydroxylation is 1. The van der Waals surface area contributed by atoms with Crippen LogP contribution in [-0.2, 0) is 29.6 Å². The van der Waals surface area contributed by atoms with E-state index in [0.717, 1.165) is 16.7 Å². The number of carbonyl (C=O) groups excluding carboxylic acids is 1. The molecule has 0 aliphatic rings. The van der Waals surface area contributed by atoms with Crippen LogP contribution in [0.2, 0.25) is 0 Å². The first kappa shape index (κ1) is 23.4. The van der Waals surface area contributed by atoms with Gasteiger partial charge in [-0.3, -0.25) is 19.1 Å². The molecule has 0 saturated heterocycles. The van der Waals surface area contributed by atoms with E-state index in [1.165, 1.54) is 30.5 Å². The molecule has 0 aliphatic heterocycles. The summed E-state index contributed by atoms with van der Waals surface area (Å²) in [6.45, 7) is 1.58. The Labute approximate surface area is 183 Å². The molecule has 0 saturated carbocycles. The Bertz CT molecular complexity index is 1220. The van der Waals surface area contributed by atoms with Crippen molar-refractivity contribution in [3.8, 4) is 5.69 Å². The van der Waals surface area contributed by atoms with Crippen molar-refractivity contribution in [3.63, 3.8) is 0 Å². The van der Waals surface area contributed by atoms with Crippen LogP contribution < -0.4 is 10.9 Å². The summed E-state index contributed by atoms with van der Waals surface area (Å²) in [6, 6.07) is 10.3. The zero-order valence-corrected chi connectivity index (χ0v) is 17.5. The number of pyridine rings is 2. The van der Waals surface area contributed by atoms with Crippen molar-refractivity contribution in [1.82, 2.24) is 14.9 Å². The van der Waals surface area contributed by atoms with Gasteiger partial charge in [-0.1, -0.05) is 12.1 Å². The Morgan fingerprint density at radius 2 is 1.94 bits per heavy atom. The molecule has 1 amide bonds. The lowest BCUT2D eigenvalue weighted by atomic mass is 10.1. The molecule has 3 aromatic rings. The fourth-order valence-electron chi connectivity index (χ4n) is 2.99. The van der Waals surface area contributed by atoms with Gasteiger partial charge in [-0.05, 0) is 48.9 Å². The number of benzene rings is 1. The molecule has 3 rings (SSSR count). The molecule has 168 valence electrons. The molecular weight excluding hydrogens is 447 g/mol. The summed E-state index contributed by atoms with van der Waals surface area (Å²) in [5.74, 6) is -0.818. The third-order valence-electron chi connectivity index (χ3n) is 4.56. The maximum atomic E-state index is 13.1. The van der Waals surface area contributed by atoms with Gasteiger partial charge in [-0.15, -0.1) is 0 Å². The van der Waals surface area contributed by atoms with Gasteiger partial charge in [0.2, 0.25) is 0 Å². The smallest absolute Gasteiger partial charge is 0.348 e. The number of amides is 1. The van der Waals surface area contributed by atoms with Crippen molar-refractivity contribution in [2.24, 2.45) is 0 Å². The Morgan fingerprint density at radius 1 is 1.19 bits per heavy atom. The van der Waals surface area contributed by atoms with E-state index < -0.39 is 34.3 Å². The van der Waals surface area contributed by atoms with Crippen molar-refractivity contribution < 1.29 is 26.7 Å². The third-order valence-corrected chi connectivity index (χ3v) is 5.11. The van der Waals surface area contributed by atoms with Crippen LogP contribution in [0.25, 0.3) is 5.69 Å². The number of hydrogen-bond donors (Lipinski definition) is 2. The molecule has 0 radical (unpaired) electrons. The van der Waals surface area contributed by atoms with Gasteiger partial charge in [-0.2, -0.15) is 13.2 Å². The fourth-order valence-corrected chi connectivity index (χ4v) is 3.42. The van der Waals surface area contributed by atoms with Crippen molar-refractivity contribution in [3.05, 3.63) is 93.2 Å². The lowest BCUT2D eigenvalue weighted by Crippen LogP contribution is -2.33. The molecule has 2 heterocycles. The highest BCUT2D eigenvalue weighted by atomic mass is 32.2. The maximum absolute atomic E-state index is 13.1. The lowest BCUT2D eigenvalue weighted by molar-refractivity contribution is -0.137. The quantitative estimate of drug-likeness (QED) is 0.545. The molecule has 32 heavy (non-hydrogen) atoms. The third kappa shape index (κ3) is 5.48. The minimum absolute atomic E-state index is 0.00182. The normalized spacial score (nSPS) is 12.4. The molecule has 0 spiro atoms. The van der Waals surface area contributed by atoms with Crippen LogP contribution in [-0.4, -0.2) is 24.2 Å². The molecule has 0 bridgehead atoms. The highest BCUT2D eigenvalue weighted by Crippen LogP contribution is 2.30. The summed E-state index contributed by atoms with van der Waals surface area (Å²) in [5, 5.41) is 2.57. The van der Waals surface area contributed by atoms with Crippen LogP contribution in [0.5, 0.6) is 0 Å². The molecule has 0 fully saturated rings. The van der Waals surface area contributed by atoms with E-state index >= 15 is 0 Å². The molecule has 1 unspecified atom stereocenters. The van der Waals surface area contributed by atoms with Crippen molar-refractivity contribution in [1.29, 1.82) is 0 Å². The standard InChI is InChI=1S/C21H18F3N3O4S/c1-13-5-8-18(19(28)26-11-14-6-7-16(25-10-14)12-32(30)31)20(29)27(13)17-4-2-3-15(9-17)21(22,23)24/h2-10H,11-12H2,1H3,(H,26,28)(H,30,31). The SMILES string of the molecule is Cc1ccc(C(=O)NCc2ccc(CS(=O)O)nc2)c(=O)n1-c1cccc(C(F)(F)F)c1. The van der Waals surface area contributed by atoms with Crippen LogP contribution in [0.15, 0.2) is 59.5 Å². The summed E-state index contributed by atoms with van der Waals surface area (Å²) >= 11 is -2.02. The van der Waals surface area contributed by atoms with E-state index in [4.69, 9.17) is 4.55 Å². The molecule has 7 nitrogen and oxygen atoms in total. The van der Waals surface area contributed by atoms with E-state index in [9.17, 15) is 27.0 Å². The molecule has 11 heteroatoms. The monoisotopic (exact) mass is 465 g/mol. The van der Waals surface area contributed by atoms with Gasteiger partial charge in [0.05, 0.1) is 17.0 Å². The summed E-state index contributed by atoms with van der Waals surface area (Å²) in [4.78, 5) is 29.5. The molecule has 1 aromatic carbocycles. The first-order valence-corrected chi connectivity index (χ1v) is 10.5. The first-order chi connectivity index (χ1) is 15.1. The van der Waals surface area contributed by atoms with Gasteiger partial charge >= 0.3 is 6.18 Å². The number of nitrogens with one attached hydrogen (secondary N) is 1. The second-order valence-electron chi connectivity index (χ2n) is 6.88. The summed E-state index contributed by atoms with van der Waals surface area (Å²) in [5.41, 5.74) is -0.518. The minimum atomic E-state index is -4.57. The minimum Gasteiger partial charge on any atom is -0.348 e. The number of rotatable bonds is 6. The predicted octanol–water partition coefficient (Wildman–Crippen LogP) is 3.21. The Balaban J connectivity index is 1.83. The first-order valence-electron chi connectivity index (χ1n) is 9.26. The van der Waals surface area contributed by atoms with E-state index in [-0.39, 0.29) is 23.5 Å². The molecule has 2 aromatic heterocycles. The zero-order chi connectivity index (χ0) is 23.5. The van der Waals surface area contributed by atoms with Gasteiger partial charge in [0.15, 0.2) is 11.1 Å². The number of halogens is 3.